The second kappa shape index (κ2) is 5.61. The molecule has 1 N–H and O–H groups in total. The van der Waals surface area contributed by atoms with E-state index < -0.39 is 0 Å². The van der Waals surface area contributed by atoms with E-state index in [9.17, 15) is 0 Å². The van der Waals surface area contributed by atoms with Crippen molar-refractivity contribution in [2.24, 2.45) is 0 Å². The Morgan fingerprint density at radius 1 is 1.33 bits per heavy atom. The first kappa shape index (κ1) is 12.5. The molecule has 0 aliphatic carbocycles. The van der Waals surface area contributed by atoms with Gasteiger partial charge in [-0.2, -0.15) is 16.7 Å². The maximum absolute atomic E-state index is 5.50. The van der Waals surface area contributed by atoms with Crippen molar-refractivity contribution in [3.05, 3.63) is 11.7 Å². The number of hydrogen-bond acceptors (Lipinski definition) is 5. The first-order chi connectivity index (χ1) is 8.83. The summed E-state index contributed by atoms with van der Waals surface area (Å²) in [4.78, 5) is 4.67. The first-order valence-corrected chi connectivity index (χ1v) is 8.06. The van der Waals surface area contributed by atoms with Crippen LogP contribution in [0.25, 0.3) is 0 Å². The summed E-state index contributed by atoms with van der Waals surface area (Å²) in [7, 11) is 0. The number of thioether (sulfide) groups is 1. The van der Waals surface area contributed by atoms with Crippen LogP contribution in [-0.2, 0) is 0 Å². The molecule has 0 spiro atoms. The number of rotatable bonds is 2. The van der Waals surface area contributed by atoms with Gasteiger partial charge in [-0.3, -0.25) is 0 Å². The lowest BCUT2D eigenvalue weighted by Crippen LogP contribution is -2.34. The molecule has 0 saturated carbocycles. The van der Waals surface area contributed by atoms with Crippen molar-refractivity contribution in [1.29, 1.82) is 0 Å². The highest BCUT2D eigenvalue weighted by Crippen LogP contribution is 2.37. The normalized spacial score (nSPS) is 33.5. The number of nitrogens with zero attached hydrogens (tertiary/aromatic N) is 2. The van der Waals surface area contributed by atoms with Crippen molar-refractivity contribution in [2.45, 2.75) is 56.2 Å². The molecule has 0 bridgehead atoms. The van der Waals surface area contributed by atoms with Crippen LogP contribution in [-0.4, -0.2) is 28.5 Å². The molecule has 2 saturated heterocycles. The molecule has 2 aliphatic rings. The molecule has 0 amide bonds. The summed E-state index contributed by atoms with van der Waals surface area (Å²) in [5, 5.41) is 8.14. The van der Waals surface area contributed by atoms with Gasteiger partial charge in [-0.05, 0) is 44.9 Å². The zero-order valence-electron chi connectivity index (χ0n) is 10.9. The molecule has 4 nitrogen and oxygen atoms in total. The van der Waals surface area contributed by atoms with Gasteiger partial charge < -0.3 is 9.84 Å². The predicted molar refractivity (Wildman–Crippen MR) is 72.8 cm³/mol. The Balaban J connectivity index is 1.68. The van der Waals surface area contributed by atoms with Crippen molar-refractivity contribution in [3.63, 3.8) is 0 Å². The van der Waals surface area contributed by atoms with Crippen LogP contribution in [0.15, 0.2) is 4.52 Å². The molecule has 3 unspecified atom stereocenters. The van der Waals surface area contributed by atoms with Gasteiger partial charge in [0.2, 0.25) is 5.89 Å². The molecule has 3 rings (SSSR count). The number of aromatic nitrogens is 2. The lowest BCUT2D eigenvalue weighted by atomic mass is 9.93. The number of piperidine rings is 1. The molecule has 5 heteroatoms. The minimum absolute atomic E-state index is 0.455. The number of hydrogen-bond donors (Lipinski definition) is 1. The van der Waals surface area contributed by atoms with Crippen molar-refractivity contribution < 1.29 is 4.52 Å². The lowest BCUT2D eigenvalue weighted by Gasteiger charge is -2.25. The van der Waals surface area contributed by atoms with Crippen molar-refractivity contribution >= 4 is 11.8 Å². The third-order valence-corrected chi connectivity index (χ3v) is 5.27. The van der Waals surface area contributed by atoms with E-state index in [0.717, 1.165) is 31.1 Å². The average molecular weight is 267 g/mol. The second-order valence-electron chi connectivity index (χ2n) is 5.42. The van der Waals surface area contributed by atoms with Crippen LogP contribution < -0.4 is 5.32 Å². The fraction of sp³-hybridized carbons (Fsp3) is 0.846. The van der Waals surface area contributed by atoms with Gasteiger partial charge >= 0.3 is 0 Å². The minimum Gasteiger partial charge on any atom is -0.339 e. The largest absolute Gasteiger partial charge is 0.339 e. The smallest absolute Gasteiger partial charge is 0.229 e. The van der Waals surface area contributed by atoms with Crippen molar-refractivity contribution in [2.75, 3.05) is 12.3 Å². The fourth-order valence-corrected chi connectivity index (χ4v) is 4.08. The zero-order chi connectivity index (χ0) is 12.4. The maximum atomic E-state index is 5.50. The van der Waals surface area contributed by atoms with Gasteiger partial charge in [0.25, 0.3) is 0 Å². The maximum Gasteiger partial charge on any atom is 0.229 e. The fourth-order valence-electron chi connectivity index (χ4n) is 2.84. The highest BCUT2D eigenvalue weighted by atomic mass is 32.2. The van der Waals surface area contributed by atoms with Gasteiger partial charge in [-0.15, -0.1) is 0 Å². The SMILES string of the molecule is CC1CC(c2nc(C3CCCCS3)no2)CCN1. The van der Waals surface area contributed by atoms with Crippen LogP contribution in [0.5, 0.6) is 0 Å². The highest BCUT2D eigenvalue weighted by Gasteiger charge is 2.27. The third kappa shape index (κ3) is 2.72. The van der Waals surface area contributed by atoms with Gasteiger partial charge in [0.05, 0.1) is 5.25 Å². The summed E-state index contributed by atoms with van der Waals surface area (Å²) in [6.45, 7) is 3.28. The molecule has 0 aromatic carbocycles. The molecule has 3 atom stereocenters. The summed E-state index contributed by atoms with van der Waals surface area (Å²) in [6, 6.07) is 0.558. The molecule has 1 aromatic heterocycles. The molecular weight excluding hydrogens is 246 g/mol. The Hall–Kier alpha value is -0.550. The van der Waals surface area contributed by atoms with Gasteiger partial charge in [0.1, 0.15) is 0 Å². The van der Waals surface area contributed by atoms with Crippen LogP contribution in [0, 0.1) is 0 Å². The highest BCUT2D eigenvalue weighted by molar-refractivity contribution is 7.99. The monoisotopic (exact) mass is 267 g/mol. The van der Waals surface area contributed by atoms with Crippen LogP contribution in [0.2, 0.25) is 0 Å². The Kier molecular flexibility index (Phi) is 3.89. The number of nitrogens with one attached hydrogen (secondary N) is 1. The molecule has 1 aromatic rings. The van der Waals surface area contributed by atoms with Crippen LogP contribution in [0.3, 0.4) is 0 Å². The second-order valence-corrected chi connectivity index (χ2v) is 6.73. The van der Waals surface area contributed by atoms with Crippen LogP contribution in [0.1, 0.15) is 61.9 Å². The molecule has 100 valence electrons. The van der Waals surface area contributed by atoms with Gasteiger partial charge in [-0.25, -0.2) is 0 Å². The van der Waals surface area contributed by atoms with E-state index in [1.165, 1.54) is 25.0 Å². The first-order valence-electron chi connectivity index (χ1n) is 7.01. The Morgan fingerprint density at radius 2 is 2.28 bits per heavy atom. The minimum atomic E-state index is 0.455. The topological polar surface area (TPSA) is 51.0 Å². The molecule has 3 heterocycles. The zero-order valence-corrected chi connectivity index (χ0v) is 11.7. The van der Waals surface area contributed by atoms with Gasteiger partial charge in [0, 0.05) is 12.0 Å². The van der Waals surface area contributed by atoms with Gasteiger partial charge in [0.15, 0.2) is 5.82 Å². The van der Waals surface area contributed by atoms with Crippen LogP contribution in [0.4, 0.5) is 0 Å². The summed E-state index contributed by atoms with van der Waals surface area (Å²) in [6.07, 6.45) is 6.05. The lowest BCUT2D eigenvalue weighted by molar-refractivity contribution is 0.294. The van der Waals surface area contributed by atoms with Crippen molar-refractivity contribution in [3.8, 4) is 0 Å². The van der Waals surface area contributed by atoms with E-state index in [2.05, 4.69) is 22.4 Å². The Morgan fingerprint density at radius 3 is 3.06 bits per heavy atom. The van der Waals surface area contributed by atoms with E-state index in [-0.39, 0.29) is 0 Å². The molecule has 18 heavy (non-hydrogen) atoms. The van der Waals surface area contributed by atoms with Crippen molar-refractivity contribution in [1.82, 2.24) is 15.5 Å². The van der Waals surface area contributed by atoms with Crippen LogP contribution >= 0.6 is 11.8 Å². The quantitative estimate of drug-likeness (QED) is 0.893. The Labute approximate surface area is 112 Å². The molecule has 2 fully saturated rings. The predicted octanol–water partition coefficient (Wildman–Crippen LogP) is 2.88. The standard InChI is InChI=1S/C13H21N3OS/c1-9-8-10(5-6-14-9)13-15-12(16-17-13)11-4-2-3-7-18-11/h9-11,14H,2-8H2,1H3. The Bertz CT molecular complexity index is 389. The summed E-state index contributed by atoms with van der Waals surface area (Å²) >= 11 is 1.98. The average Bonchev–Trinajstić information content (AvgIpc) is 2.89. The van der Waals surface area contributed by atoms with E-state index in [1.54, 1.807) is 0 Å². The van der Waals surface area contributed by atoms with E-state index in [4.69, 9.17) is 4.52 Å². The van der Waals surface area contributed by atoms with Gasteiger partial charge in [-0.1, -0.05) is 11.6 Å². The van der Waals surface area contributed by atoms with E-state index in [1.807, 2.05) is 11.8 Å². The molecule has 2 aliphatic heterocycles. The molecular formula is C13H21N3OS. The van der Waals surface area contributed by atoms with E-state index in [0.29, 0.717) is 17.2 Å². The molecule has 0 radical (unpaired) electrons. The third-order valence-electron chi connectivity index (χ3n) is 3.90. The summed E-state index contributed by atoms with van der Waals surface area (Å²) in [5.41, 5.74) is 0. The summed E-state index contributed by atoms with van der Waals surface area (Å²) < 4.78 is 5.50. The van der Waals surface area contributed by atoms with E-state index >= 15 is 0 Å². The summed E-state index contributed by atoms with van der Waals surface area (Å²) in [5.74, 6) is 3.49.